The van der Waals surface area contributed by atoms with Gasteiger partial charge in [-0.25, -0.2) is 0 Å². The Morgan fingerprint density at radius 2 is 1.37 bits per heavy atom. The molecule has 0 heterocycles. The molecule has 1 aliphatic rings. The van der Waals surface area contributed by atoms with Gasteiger partial charge in [-0.3, -0.25) is 0 Å². The minimum atomic E-state index is 0.352. The van der Waals surface area contributed by atoms with Crippen LogP contribution in [0.1, 0.15) is 16.4 Å². The molecular formula is C25H22OS. The summed E-state index contributed by atoms with van der Waals surface area (Å²) in [6.07, 6.45) is 8.84. The molecule has 0 aliphatic heterocycles. The lowest BCUT2D eigenvalue weighted by atomic mass is 10.00. The van der Waals surface area contributed by atoms with Crippen LogP contribution in [-0.4, -0.2) is 0 Å². The van der Waals surface area contributed by atoms with Crippen molar-refractivity contribution in [3.8, 4) is 5.75 Å². The predicted molar refractivity (Wildman–Crippen MR) is 114 cm³/mol. The van der Waals surface area contributed by atoms with Crippen LogP contribution in [0.2, 0.25) is 0 Å². The minimum Gasteiger partial charge on any atom is -0.489 e. The first-order valence-electron chi connectivity index (χ1n) is 9.22. The van der Waals surface area contributed by atoms with Crippen molar-refractivity contribution in [1.29, 1.82) is 0 Å². The van der Waals surface area contributed by atoms with Crippen molar-refractivity contribution in [3.63, 3.8) is 0 Å². The van der Waals surface area contributed by atoms with Crippen LogP contribution in [0.3, 0.4) is 0 Å². The zero-order valence-electron chi connectivity index (χ0n) is 15.1. The van der Waals surface area contributed by atoms with E-state index in [0.29, 0.717) is 17.8 Å². The molecular weight excluding hydrogens is 348 g/mol. The number of hydrogen-bond donors (Lipinski definition) is 0. The van der Waals surface area contributed by atoms with Gasteiger partial charge in [0.1, 0.15) is 12.4 Å². The zero-order chi connectivity index (χ0) is 18.3. The molecule has 1 atom stereocenters. The quantitative estimate of drug-likeness (QED) is 0.421. The normalized spacial score (nSPS) is 14.4. The summed E-state index contributed by atoms with van der Waals surface area (Å²) in [5.74, 6) is 1.31. The Bertz CT molecular complexity index is 886. The standard InChI is InChI=1S/C25H22OS/c1-3-9-20(10-4-1)19-26-23-17-15-22(16-18-23)25(21-11-7-8-12-21)27-24-13-5-2-6-14-24/h1-18,21,25H,19H2. The Balaban J connectivity index is 1.48. The molecule has 1 unspecified atom stereocenters. The SMILES string of the molecule is C1=CC(C(Sc2ccccc2)c2ccc(OCc3ccccc3)cc2)C=C1. The fourth-order valence-electron chi connectivity index (χ4n) is 3.16. The monoisotopic (exact) mass is 370 g/mol. The Hall–Kier alpha value is -2.71. The summed E-state index contributed by atoms with van der Waals surface area (Å²) >= 11 is 1.91. The van der Waals surface area contributed by atoms with Crippen LogP contribution >= 0.6 is 11.8 Å². The van der Waals surface area contributed by atoms with Gasteiger partial charge >= 0.3 is 0 Å². The highest BCUT2D eigenvalue weighted by molar-refractivity contribution is 7.99. The summed E-state index contributed by atoms with van der Waals surface area (Å²) in [5, 5.41) is 0.352. The second-order valence-corrected chi connectivity index (χ2v) is 7.76. The Morgan fingerprint density at radius 1 is 0.741 bits per heavy atom. The van der Waals surface area contributed by atoms with Crippen molar-refractivity contribution >= 4 is 11.8 Å². The molecule has 0 spiro atoms. The van der Waals surface area contributed by atoms with Crippen LogP contribution in [0.5, 0.6) is 5.75 Å². The van der Waals surface area contributed by atoms with Gasteiger partial charge in [0, 0.05) is 16.1 Å². The first kappa shape index (κ1) is 17.7. The molecule has 2 heteroatoms. The molecule has 3 aromatic rings. The van der Waals surface area contributed by atoms with E-state index >= 15 is 0 Å². The molecule has 0 saturated heterocycles. The van der Waals surface area contributed by atoms with Gasteiger partial charge in [-0.2, -0.15) is 0 Å². The van der Waals surface area contributed by atoms with Crippen LogP contribution in [-0.2, 0) is 6.61 Å². The van der Waals surface area contributed by atoms with Crippen LogP contribution in [0.25, 0.3) is 0 Å². The molecule has 0 bridgehead atoms. The average Bonchev–Trinajstić information content (AvgIpc) is 3.27. The molecule has 0 radical (unpaired) electrons. The lowest BCUT2D eigenvalue weighted by Crippen LogP contribution is -2.04. The topological polar surface area (TPSA) is 9.23 Å². The van der Waals surface area contributed by atoms with E-state index in [1.807, 2.05) is 30.0 Å². The highest BCUT2D eigenvalue weighted by atomic mass is 32.2. The third-order valence-electron chi connectivity index (χ3n) is 4.59. The number of allylic oxidation sites excluding steroid dienone is 4. The van der Waals surface area contributed by atoms with Crippen LogP contribution in [0.4, 0.5) is 0 Å². The van der Waals surface area contributed by atoms with Gasteiger partial charge in [-0.1, -0.05) is 85.0 Å². The molecule has 0 aromatic heterocycles. The van der Waals surface area contributed by atoms with E-state index in [0.717, 1.165) is 5.75 Å². The molecule has 0 amide bonds. The van der Waals surface area contributed by atoms with Crippen molar-refractivity contribution < 1.29 is 4.74 Å². The molecule has 1 aliphatic carbocycles. The summed E-state index contributed by atoms with van der Waals surface area (Å²) in [6, 6.07) is 29.4. The van der Waals surface area contributed by atoms with Gasteiger partial charge in [-0.15, -0.1) is 11.8 Å². The van der Waals surface area contributed by atoms with Crippen LogP contribution in [0, 0.1) is 5.92 Å². The van der Waals surface area contributed by atoms with Crippen LogP contribution in [0.15, 0.2) is 114 Å². The Morgan fingerprint density at radius 3 is 2.04 bits per heavy atom. The van der Waals surface area contributed by atoms with Crippen molar-refractivity contribution in [2.24, 2.45) is 5.92 Å². The molecule has 1 nitrogen and oxygen atoms in total. The van der Waals surface area contributed by atoms with Gasteiger partial charge in [0.25, 0.3) is 0 Å². The average molecular weight is 371 g/mol. The summed E-state index contributed by atoms with van der Waals surface area (Å²) < 4.78 is 5.94. The molecule has 4 rings (SSSR count). The van der Waals surface area contributed by atoms with E-state index in [1.165, 1.54) is 16.0 Å². The van der Waals surface area contributed by atoms with Crippen molar-refractivity contribution in [3.05, 3.63) is 120 Å². The second-order valence-electron chi connectivity index (χ2n) is 6.54. The number of benzene rings is 3. The summed E-state index contributed by atoms with van der Waals surface area (Å²) in [4.78, 5) is 1.29. The number of hydrogen-bond acceptors (Lipinski definition) is 2. The van der Waals surface area contributed by atoms with Gasteiger partial charge in [0.2, 0.25) is 0 Å². The van der Waals surface area contributed by atoms with Gasteiger partial charge in [0.15, 0.2) is 0 Å². The molecule has 0 N–H and O–H groups in total. The number of thioether (sulfide) groups is 1. The fraction of sp³-hybridized carbons (Fsp3) is 0.120. The molecule has 3 aromatic carbocycles. The Labute approximate surface area is 165 Å². The first-order chi connectivity index (χ1) is 13.4. The minimum absolute atomic E-state index is 0.352. The van der Waals surface area contributed by atoms with Gasteiger partial charge < -0.3 is 4.74 Å². The molecule has 0 fully saturated rings. The highest BCUT2D eigenvalue weighted by Gasteiger charge is 2.22. The van der Waals surface area contributed by atoms with Crippen molar-refractivity contribution in [2.45, 2.75) is 16.8 Å². The maximum absolute atomic E-state index is 5.94. The van der Waals surface area contributed by atoms with Crippen molar-refractivity contribution in [2.75, 3.05) is 0 Å². The van der Waals surface area contributed by atoms with Crippen LogP contribution < -0.4 is 4.74 Å². The van der Waals surface area contributed by atoms with E-state index in [1.54, 1.807) is 0 Å². The van der Waals surface area contributed by atoms with E-state index in [2.05, 4.69) is 91.0 Å². The number of ether oxygens (including phenoxy) is 1. The number of rotatable bonds is 7. The zero-order valence-corrected chi connectivity index (χ0v) is 15.9. The summed E-state index contributed by atoms with van der Waals surface area (Å²) in [6.45, 7) is 0.594. The maximum Gasteiger partial charge on any atom is 0.119 e. The van der Waals surface area contributed by atoms with Gasteiger partial charge in [0.05, 0.1) is 0 Å². The van der Waals surface area contributed by atoms with E-state index in [9.17, 15) is 0 Å². The summed E-state index contributed by atoms with van der Waals surface area (Å²) in [5.41, 5.74) is 2.50. The predicted octanol–water partition coefficient (Wildman–Crippen LogP) is 6.84. The molecule has 0 saturated carbocycles. The first-order valence-corrected chi connectivity index (χ1v) is 10.1. The van der Waals surface area contributed by atoms with E-state index < -0.39 is 0 Å². The lowest BCUT2D eigenvalue weighted by molar-refractivity contribution is 0.306. The largest absolute Gasteiger partial charge is 0.489 e. The second kappa shape index (κ2) is 8.79. The van der Waals surface area contributed by atoms with Crippen molar-refractivity contribution in [1.82, 2.24) is 0 Å². The smallest absolute Gasteiger partial charge is 0.119 e. The van der Waals surface area contributed by atoms with E-state index in [-0.39, 0.29) is 0 Å². The lowest BCUT2D eigenvalue weighted by Gasteiger charge is -2.21. The van der Waals surface area contributed by atoms with E-state index in [4.69, 9.17) is 4.74 Å². The molecule has 27 heavy (non-hydrogen) atoms. The molecule has 134 valence electrons. The maximum atomic E-state index is 5.94. The third-order valence-corrected chi connectivity index (χ3v) is 5.98. The third kappa shape index (κ3) is 4.72. The summed E-state index contributed by atoms with van der Waals surface area (Å²) in [7, 11) is 0. The highest BCUT2D eigenvalue weighted by Crippen LogP contribution is 2.43. The Kier molecular flexibility index (Phi) is 5.76. The van der Waals surface area contributed by atoms with Gasteiger partial charge in [-0.05, 0) is 35.4 Å². The fourth-order valence-corrected chi connectivity index (χ4v) is 4.40.